The molecule has 0 aromatic carbocycles. The first-order valence-corrected chi connectivity index (χ1v) is 5.82. The normalized spacial score (nSPS) is 10.2. The summed E-state index contributed by atoms with van der Waals surface area (Å²) in [6, 6.07) is 2.57. The number of aromatic nitrogens is 2. The van der Waals surface area contributed by atoms with Crippen molar-refractivity contribution in [1.29, 1.82) is 0 Å². The van der Waals surface area contributed by atoms with Crippen molar-refractivity contribution >= 4 is 37.3 Å². The quantitative estimate of drug-likeness (QED) is 0.616. The molecule has 1 rings (SSSR count). The molecule has 0 aliphatic carbocycles. The van der Waals surface area contributed by atoms with E-state index in [1.165, 1.54) is 0 Å². The van der Waals surface area contributed by atoms with Crippen molar-refractivity contribution in [3.8, 4) is 0 Å². The molecule has 1 aromatic rings. The maximum absolute atomic E-state index is 11.9. The molecule has 0 aliphatic heterocycles. The number of nitrogens with zero attached hydrogens (tertiary/aromatic N) is 2. The van der Waals surface area contributed by atoms with E-state index in [9.17, 15) is 4.39 Å². The Morgan fingerprint density at radius 3 is 3.00 bits per heavy atom. The highest BCUT2D eigenvalue weighted by Crippen LogP contribution is 1.97. The Morgan fingerprint density at radius 1 is 1.58 bits per heavy atom. The third-order valence-corrected chi connectivity index (χ3v) is 3.21. The summed E-state index contributed by atoms with van der Waals surface area (Å²) in [6.45, 7) is 1.65. The molecule has 5 heteroatoms. The predicted molar refractivity (Wildman–Crippen MR) is 55.7 cm³/mol. The zero-order valence-electron chi connectivity index (χ0n) is 6.64. The van der Waals surface area contributed by atoms with E-state index in [0.29, 0.717) is 15.6 Å². The fourth-order valence-electron chi connectivity index (χ4n) is 0.790. The lowest BCUT2D eigenvalue weighted by molar-refractivity contribution is 0.526. The number of hydrogen-bond acceptors (Lipinski definition) is 2. The summed E-state index contributed by atoms with van der Waals surface area (Å²) in [5.41, 5.74) is 0.919. The van der Waals surface area contributed by atoms with Crippen LogP contribution in [0.1, 0.15) is 5.69 Å². The molecule has 2 nitrogen and oxygen atoms in total. The molecule has 1 heterocycles. The van der Waals surface area contributed by atoms with Crippen molar-refractivity contribution in [3.63, 3.8) is 0 Å². The first-order chi connectivity index (χ1) is 5.74. The Labute approximate surface area is 86.9 Å². The van der Waals surface area contributed by atoms with Crippen LogP contribution in [0.4, 0.5) is 4.39 Å². The molecule has 0 aliphatic rings. The lowest BCUT2D eigenvalue weighted by Gasteiger charge is -2.01. The minimum atomic E-state index is -0.253. The Morgan fingerprint density at radius 2 is 2.33 bits per heavy atom. The van der Waals surface area contributed by atoms with E-state index in [1.807, 2.05) is 13.0 Å². The first-order valence-electron chi connectivity index (χ1n) is 3.53. The number of alkyl halides is 1. The van der Waals surface area contributed by atoms with E-state index in [2.05, 4.69) is 32.8 Å². The summed E-state index contributed by atoms with van der Waals surface area (Å²) in [5.74, 6) is 0. The smallest absolute Gasteiger partial charge is 0.123 e. The third kappa shape index (κ3) is 2.78. The SMILES string of the molecule is Cc1nnc(I)cc1[Si]CCF. The molecule has 0 amide bonds. The molecule has 0 N–H and O–H groups in total. The van der Waals surface area contributed by atoms with Crippen LogP contribution in [0.3, 0.4) is 0 Å². The van der Waals surface area contributed by atoms with Gasteiger partial charge in [-0.3, -0.25) is 4.39 Å². The zero-order valence-corrected chi connectivity index (χ0v) is 9.80. The summed E-state index contributed by atoms with van der Waals surface area (Å²) < 4.78 is 12.8. The zero-order chi connectivity index (χ0) is 8.97. The predicted octanol–water partition coefficient (Wildman–Crippen LogP) is 1.11. The Bertz CT molecular complexity index is 270. The van der Waals surface area contributed by atoms with Gasteiger partial charge in [0.1, 0.15) is 3.70 Å². The number of halogens is 2. The van der Waals surface area contributed by atoms with E-state index in [1.54, 1.807) is 0 Å². The average molecular weight is 294 g/mol. The Balaban J connectivity index is 2.75. The average Bonchev–Trinajstić information content (AvgIpc) is 2.07. The van der Waals surface area contributed by atoms with Crippen LogP contribution in [-0.2, 0) is 0 Å². The van der Waals surface area contributed by atoms with Crippen LogP contribution in [0.15, 0.2) is 6.07 Å². The van der Waals surface area contributed by atoms with Gasteiger partial charge in [-0.1, -0.05) is 0 Å². The van der Waals surface area contributed by atoms with E-state index >= 15 is 0 Å². The van der Waals surface area contributed by atoms with Crippen LogP contribution in [0, 0.1) is 10.6 Å². The van der Waals surface area contributed by atoms with Gasteiger partial charge in [0.05, 0.1) is 21.9 Å². The molecular formula is C7H8FIN2Si. The molecule has 0 saturated heterocycles. The standard InChI is InChI=1S/C7H8FIN2Si/c1-5-6(12-3-2-8)4-7(9)11-10-5/h4H,2-3H2,1H3. The fraction of sp³-hybridized carbons (Fsp3) is 0.429. The fourth-order valence-corrected chi connectivity index (χ4v) is 2.41. The van der Waals surface area contributed by atoms with E-state index < -0.39 is 0 Å². The van der Waals surface area contributed by atoms with Crippen molar-refractivity contribution in [3.05, 3.63) is 15.5 Å². The van der Waals surface area contributed by atoms with Crippen molar-refractivity contribution in [2.24, 2.45) is 0 Å². The summed E-state index contributed by atoms with van der Waals surface area (Å²) in [6.07, 6.45) is 0. The molecule has 0 bridgehead atoms. The molecule has 0 spiro atoms. The van der Waals surface area contributed by atoms with Gasteiger partial charge < -0.3 is 0 Å². The molecule has 64 valence electrons. The van der Waals surface area contributed by atoms with Crippen LogP contribution in [0.5, 0.6) is 0 Å². The molecule has 0 atom stereocenters. The van der Waals surface area contributed by atoms with E-state index in [4.69, 9.17) is 0 Å². The maximum atomic E-state index is 11.9. The summed E-state index contributed by atoms with van der Waals surface area (Å²) >= 11 is 2.11. The summed E-state index contributed by atoms with van der Waals surface area (Å²) in [7, 11) is 0.517. The summed E-state index contributed by atoms with van der Waals surface area (Å²) in [4.78, 5) is 0. The van der Waals surface area contributed by atoms with Crippen LogP contribution in [0.25, 0.3) is 0 Å². The van der Waals surface area contributed by atoms with Gasteiger partial charge in [0.25, 0.3) is 0 Å². The van der Waals surface area contributed by atoms with Gasteiger partial charge in [0.15, 0.2) is 0 Å². The monoisotopic (exact) mass is 294 g/mol. The maximum Gasteiger partial charge on any atom is 0.123 e. The van der Waals surface area contributed by atoms with E-state index in [-0.39, 0.29) is 6.67 Å². The Hall–Kier alpha value is -0.0431. The molecule has 0 fully saturated rings. The van der Waals surface area contributed by atoms with Crippen LogP contribution >= 0.6 is 22.6 Å². The van der Waals surface area contributed by atoms with Gasteiger partial charge in [0, 0.05) is 0 Å². The van der Waals surface area contributed by atoms with Gasteiger partial charge in [-0.2, -0.15) is 5.10 Å². The van der Waals surface area contributed by atoms with Crippen molar-refractivity contribution < 1.29 is 4.39 Å². The van der Waals surface area contributed by atoms with Crippen LogP contribution < -0.4 is 5.19 Å². The number of hydrogen-bond donors (Lipinski definition) is 0. The van der Waals surface area contributed by atoms with Crippen molar-refractivity contribution in [1.82, 2.24) is 10.2 Å². The van der Waals surface area contributed by atoms with Crippen molar-refractivity contribution in [2.75, 3.05) is 6.67 Å². The molecule has 2 radical (unpaired) electrons. The number of rotatable bonds is 3. The van der Waals surface area contributed by atoms with Gasteiger partial charge >= 0.3 is 0 Å². The number of aryl methyl sites for hydroxylation is 1. The second-order valence-electron chi connectivity index (χ2n) is 2.28. The van der Waals surface area contributed by atoms with Crippen molar-refractivity contribution in [2.45, 2.75) is 13.0 Å². The summed E-state index contributed by atoms with van der Waals surface area (Å²) in [5, 5.41) is 8.98. The minimum Gasteiger partial charge on any atom is -0.251 e. The highest BCUT2D eigenvalue weighted by Gasteiger charge is 2.02. The molecule has 1 aromatic heterocycles. The second-order valence-corrected chi connectivity index (χ2v) is 4.78. The highest BCUT2D eigenvalue weighted by molar-refractivity contribution is 14.1. The lowest BCUT2D eigenvalue weighted by Crippen LogP contribution is -2.20. The minimum absolute atomic E-state index is 0.253. The van der Waals surface area contributed by atoms with Gasteiger partial charge in [-0.05, 0) is 46.8 Å². The molecular weight excluding hydrogens is 286 g/mol. The highest BCUT2D eigenvalue weighted by atomic mass is 127. The van der Waals surface area contributed by atoms with Gasteiger partial charge in [0.2, 0.25) is 0 Å². The van der Waals surface area contributed by atoms with Crippen LogP contribution in [0.2, 0.25) is 6.04 Å². The molecule has 12 heavy (non-hydrogen) atoms. The topological polar surface area (TPSA) is 25.8 Å². The van der Waals surface area contributed by atoms with Gasteiger partial charge in [-0.15, -0.1) is 5.10 Å². The second kappa shape index (κ2) is 4.86. The third-order valence-electron chi connectivity index (χ3n) is 1.36. The molecule has 0 unspecified atom stereocenters. The molecule has 0 saturated carbocycles. The lowest BCUT2D eigenvalue weighted by atomic mass is 10.4. The largest absolute Gasteiger partial charge is 0.251 e. The van der Waals surface area contributed by atoms with Gasteiger partial charge in [-0.25, -0.2) is 0 Å². The first kappa shape index (κ1) is 10.0. The Kier molecular flexibility index (Phi) is 4.06. The van der Waals surface area contributed by atoms with Crippen LogP contribution in [-0.4, -0.2) is 26.4 Å². The van der Waals surface area contributed by atoms with E-state index in [0.717, 1.165) is 14.6 Å².